The molecule has 0 N–H and O–H groups in total. The van der Waals surface area contributed by atoms with E-state index >= 15 is 0 Å². The number of nitrogens with zero attached hydrogens (tertiary/aromatic N) is 5. The number of anilines is 1. The van der Waals surface area contributed by atoms with E-state index in [-0.39, 0.29) is 11.9 Å². The number of methoxy groups -OCH3 is 1. The fraction of sp³-hybridized carbons (Fsp3) is 0.500. The van der Waals surface area contributed by atoms with Crippen molar-refractivity contribution in [1.29, 1.82) is 0 Å². The summed E-state index contributed by atoms with van der Waals surface area (Å²) in [6.07, 6.45) is 5.19. The van der Waals surface area contributed by atoms with E-state index in [1.165, 1.54) is 22.1 Å². The first kappa shape index (κ1) is 20.4. The molecule has 1 spiro atoms. The summed E-state index contributed by atoms with van der Waals surface area (Å²) in [7, 11) is 3.36. The van der Waals surface area contributed by atoms with Gasteiger partial charge in [-0.25, -0.2) is 4.79 Å². The molecule has 2 amide bonds. The zero-order chi connectivity index (χ0) is 21.3. The van der Waals surface area contributed by atoms with Crippen LogP contribution in [-0.4, -0.2) is 71.9 Å². The van der Waals surface area contributed by atoms with Gasteiger partial charge in [-0.3, -0.25) is 9.69 Å². The zero-order valence-corrected chi connectivity index (χ0v) is 17.9. The Hall–Kier alpha value is -2.87. The molecule has 0 radical (unpaired) electrons. The van der Waals surface area contributed by atoms with Crippen molar-refractivity contribution in [3.63, 3.8) is 0 Å². The van der Waals surface area contributed by atoms with Gasteiger partial charge in [0.15, 0.2) is 0 Å². The zero-order valence-electron chi connectivity index (χ0n) is 17.9. The Morgan fingerprint density at radius 1 is 1.17 bits per heavy atom. The van der Waals surface area contributed by atoms with Crippen molar-refractivity contribution in [2.75, 3.05) is 45.2 Å². The second kappa shape index (κ2) is 8.10. The van der Waals surface area contributed by atoms with Crippen molar-refractivity contribution in [3.8, 4) is 5.75 Å². The van der Waals surface area contributed by atoms with E-state index in [0.29, 0.717) is 11.1 Å². The van der Waals surface area contributed by atoms with Crippen molar-refractivity contribution >= 4 is 17.6 Å². The van der Waals surface area contributed by atoms with Gasteiger partial charge in [-0.15, -0.1) is 0 Å². The lowest BCUT2D eigenvalue weighted by Crippen LogP contribution is -2.60. The number of hydrogen-bond donors (Lipinski definition) is 0. The van der Waals surface area contributed by atoms with Crippen LogP contribution < -0.4 is 9.64 Å². The Kier molecular flexibility index (Phi) is 5.51. The number of amides is 2. The molecule has 2 aliphatic heterocycles. The van der Waals surface area contributed by atoms with Crippen LogP contribution in [0.5, 0.6) is 5.75 Å². The maximum atomic E-state index is 12.8. The number of piperidine rings is 1. The SMILES string of the molecule is COc1ccc(CN2CC3(CCN(C(=O)n4cc(N(C)C(C)=O)cn4)CC3)C2)cc1. The summed E-state index contributed by atoms with van der Waals surface area (Å²) in [4.78, 5) is 30.1. The smallest absolute Gasteiger partial charge is 0.344 e. The largest absolute Gasteiger partial charge is 0.497 e. The number of likely N-dealkylation sites (tertiary alicyclic amines) is 2. The molecule has 2 aliphatic rings. The molecule has 2 fully saturated rings. The number of benzene rings is 1. The summed E-state index contributed by atoms with van der Waals surface area (Å²) < 4.78 is 6.56. The molecule has 30 heavy (non-hydrogen) atoms. The molecule has 0 aliphatic carbocycles. The lowest BCUT2D eigenvalue weighted by molar-refractivity contribution is -0.116. The molecule has 0 atom stereocenters. The predicted molar refractivity (Wildman–Crippen MR) is 114 cm³/mol. The van der Waals surface area contributed by atoms with E-state index in [0.717, 1.165) is 51.3 Å². The molecular formula is C22H29N5O3. The number of rotatable bonds is 4. The van der Waals surface area contributed by atoms with Gasteiger partial charge in [0, 0.05) is 46.7 Å². The first-order valence-electron chi connectivity index (χ1n) is 10.3. The summed E-state index contributed by atoms with van der Waals surface area (Å²) in [5.41, 5.74) is 2.24. The van der Waals surface area contributed by atoms with Crippen LogP contribution in [0.15, 0.2) is 36.7 Å². The maximum absolute atomic E-state index is 12.8. The highest BCUT2D eigenvalue weighted by Crippen LogP contribution is 2.41. The topological polar surface area (TPSA) is 70.9 Å². The third-order valence-electron chi connectivity index (χ3n) is 6.40. The number of hydrogen-bond acceptors (Lipinski definition) is 5. The highest BCUT2D eigenvalue weighted by molar-refractivity contribution is 5.91. The Morgan fingerprint density at radius 3 is 2.43 bits per heavy atom. The van der Waals surface area contributed by atoms with E-state index in [4.69, 9.17) is 4.74 Å². The third-order valence-corrected chi connectivity index (χ3v) is 6.40. The van der Waals surface area contributed by atoms with Gasteiger partial charge in [-0.2, -0.15) is 9.78 Å². The minimum atomic E-state index is -0.123. The summed E-state index contributed by atoms with van der Waals surface area (Å²) in [6, 6.07) is 8.12. The molecule has 0 saturated carbocycles. The Balaban J connectivity index is 1.27. The van der Waals surface area contributed by atoms with Gasteiger partial charge in [-0.1, -0.05) is 12.1 Å². The molecule has 160 valence electrons. The average molecular weight is 412 g/mol. The summed E-state index contributed by atoms with van der Waals surface area (Å²) >= 11 is 0. The van der Waals surface area contributed by atoms with Crippen molar-refractivity contribution in [2.45, 2.75) is 26.3 Å². The predicted octanol–water partition coefficient (Wildman–Crippen LogP) is 2.44. The highest BCUT2D eigenvalue weighted by atomic mass is 16.5. The summed E-state index contributed by atoms with van der Waals surface area (Å²) in [5, 5.41) is 4.15. The maximum Gasteiger partial charge on any atom is 0.344 e. The van der Waals surface area contributed by atoms with E-state index in [1.807, 2.05) is 17.0 Å². The number of ether oxygens (including phenoxy) is 1. The van der Waals surface area contributed by atoms with Crippen LogP contribution in [0.25, 0.3) is 0 Å². The van der Waals surface area contributed by atoms with Crippen LogP contribution in [0.1, 0.15) is 25.3 Å². The second-order valence-corrected chi connectivity index (χ2v) is 8.48. The standard InChI is InChI=1S/C22H29N5O3/c1-17(28)24(2)19-12-23-27(14-19)21(29)26-10-8-22(9-11-26)15-25(16-22)13-18-4-6-20(30-3)7-5-18/h4-7,12,14H,8-11,13,15-16H2,1-3H3. The normalized spacial score (nSPS) is 18.2. The molecular weight excluding hydrogens is 382 g/mol. The first-order chi connectivity index (χ1) is 14.4. The molecule has 0 bridgehead atoms. The minimum absolute atomic E-state index is 0.0916. The molecule has 2 saturated heterocycles. The van der Waals surface area contributed by atoms with Crippen molar-refractivity contribution in [1.82, 2.24) is 19.6 Å². The minimum Gasteiger partial charge on any atom is -0.497 e. The summed E-state index contributed by atoms with van der Waals surface area (Å²) in [6.45, 7) is 6.08. The molecule has 2 aromatic rings. The molecule has 4 rings (SSSR count). The first-order valence-corrected chi connectivity index (χ1v) is 10.3. The molecule has 8 nitrogen and oxygen atoms in total. The fourth-order valence-electron chi connectivity index (χ4n) is 4.41. The number of aromatic nitrogens is 2. The van der Waals surface area contributed by atoms with E-state index < -0.39 is 0 Å². The third kappa shape index (κ3) is 4.05. The average Bonchev–Trinajstić information content (AvgIpc) is 3.22. The van der Waals surface area contributed by atoms with Crippen LogP contribution in [-0.2, 0) is 11.3 Å². The van der Waals surface area contributed by atoms with Crippen molar-refractivity contribution < 1.29 is 14.3 Å². The van der Waals surface area contributed by atoms with Crippen LogP contribution in [0, 0.1) is 5.41 Å². The number of carbonyl (C=O) groups is 2. The van der Waals surface area contributed by atoms with Crippen LogP contribution in [0.3, 0.4) is 0 Å². The van der Waals surface area contributed by atoms with Gasteiger partial charge in [0.2, 0.25) is 5.91 Å². The molecule has 0 unspecified atom stereocenters. The number of carbonyl (C=O) groups excluding carboxylic acids is 2. The van der Waals surface area contributed by atoms with Gasteiger partial charge < -0.3 is 14.5 Å². The van der Waals surface area contributed by atoms with E-state index in [1.54, 1.807) is 26.6 Å². The molecule has 3 heterocycles. The second-order valence-electron chi connectivity index (χ2n) is 8.48. The van der Waals surface area contributed by atoms with E-state index in [2.05, 4.69) is 22.1 Å². The lowest BCUT2D eigenvalue weighted by atomic mass is 9.72. The molecule has 8 heteroatoms. The van der Waals surface area contributed by atoms with Crippen LogP contribution >= 0.6 is 0 Å². The van der Waals surface area contributed by atoms with Crippen LogP contribution in [0.2, 0.25) is 0 Å². The van der Waals surface area contributed by atoms with Crippen LogP contribution in [0.4, 0.5) is 10.5 Å². The fourth-order valence-corrected chi connectivity index (χ4v) is 4.41. The molecule has 1 aromatic heterocycles. The highest BCUT2D eigenvalue weighted by Gasteiger charge is 2.45. The molecule has 1 aromatic carbocycles. The summed E-state index contributed by atoms with van der Waals surface area (Å²) in [5.74, 6) is 0.791. The lowest BCUT2D eigenvalue weighted by Gasteiger charge is -2.54. The van der Waals surface area contributed by atoms with Crippen molar-refractivity contribution in [2.24, 2.45) is 5.41 Å². The van der Waals surface area contributed by atoms with Crippen molar-refractivity contribution in [3.05, 3.63) is 42.2 Å². The van der Waals surface area contributed by atoms with Gasteiger partial charge in [-0.05, 0) is 36.0 Å². The van der Waals surface area contributed by atoms with E-state index in [9.17, 15) is 9.59 Å². The van der Waals surface area contributed by atoms with Gasteiger partial charge >= 0.3 is 6.03 Å². The van der Waals surface area contributed by atoms with Gasteiger partial charge in [0.1, 0.15) is 5.75 Å². The van der Waals surface area contributed by atoms with Gasteiger partial charge in [0.25, 0.3) is 0 Å². The van der Waals surface area contributed by atoms with Gasteiger partial charge in [0.05, 0.1) is 25.2 Å². The monoisotopic (exact) mass is 411 g/mol. The Labute approximate surface area is 177 Å². The Bertz CT molecular complexity index is 907. The quantitative estimate of drug-likeness (QED) is 0.773. The Morgan fingerprint density at radius 2 is 1.83 bits per heavy atom.